The van der Waals surface area contributed by atoms with Crippen LogP contribution in [0.3, 0.4) is 0 Å². The largest absolute Gasteiger partial charge is 0.493 e. The maximum Gasteiger partial charge on any atom is 0.161 e. The summed E-state index contributed by atoms with van der Waals surface area (Å²) in [6.07, 6.45) is 1.73. The highest BCUT2D eigenvalue weighted by Gasteiger charge is 2.10. The van der Waals surface area contributed by atoms with Gasteiger partial charge in [0.15, 0.2) is 11.5 Å². The Morgan fingerprint density at radius 3 is 2.31 bits per heavy atom. The van der Waals surface area contributed by atoms with E-state index >= 15 is 0 Å². The fourth-order valence-corrected chi connectivity index (χ4v) is 4.74. The van der Waals surface area contributed by atoms with Crippen LogP contribution < -0.4 is 19.6 Å². The molecule has 0 aromatic heterocycles. The third kappa shape index (κ3) is 6.54. The third-order valence-corrected chi connectivity index (χ3v) is 6.21. The predicted octanol–water partition coefficient (Wildman–Crippen LogP) is 7.24. The number of hydrazone groups is 1. The van der Waals surface area contributed by atoms with Crippen LogP contribution in [-0.2, 0) is 13.2 Å². The molecule has 168 valence electrons. The van der Waals surface area contributed by atoms with Gasteiger partial charge in [-0.1, -0.05) is 35.3 Å². The molecule has 0 heterocycles. The van der Waals surface area contributed by atoms with Gasteiger partial charge in [0.2, 0.25) is 0 Å². The Bertz CT molecular complexity index is 1100. The molecule has 0 unspecified atom stereocenters. The van der Waals surface area contributed by atoms with Gasteiger partial charge >= 0.3 is 0 Å². The lowest BCUT2D eigenvalue weighted by Gasteiger charge is -2.12. The summed E-state index contributed by atoms with van der Waals surface area (Å²) in [6.45, 7) is 0.857. The standard InChI is InChI=1S/C23H20Br2Cl2N2O3/c1-30-21-6-3-14(9-22(21)31-2)11-28-29-12-15-7-18(24)23(19(25)8-15)32-13-16-4-5-17(26)10-20(16)27/h3-10,12,28H,11,13H2,1-2H3/b29-12+. The first-order valence-corrected chi connectivity index (χ1v) is 11.8. The van der Waals surface area contributed by atoms with Crippen LogP contribution in [0.1, 0.15) is 16.7 Å². The van der Waals surface area contributed by atoms with Gasteiger partial charge in [0.1, 0.15) is 12.4 Å². The molecule has 0 fully saturated rings. The molecule has 3 rings (SSSR count). The maximum atomic E-state index is 6.22. The zero-order valence-electron chi connectivity index (χ0n) is 17.3. The summed E-state index contributed by atoms with van der Waals surface area (Å²) in [5, 5.41) is 5.45. The lowest BCUT2D eigenvalue weighted by Crippen LogP contribution is -2.06. The molecule has 1 N–H and O–H groups in total. The highest BCUT2D eigenvalue weighted by atomic mass is 79.9. The molecule has 0 radical (unpaired) electrons. The van der Waals surface area contributed by atoms with Crippen molar-refractivity contribution >= 4 is 61.3 Å². The molecule has 32 heavy (non-hydrogen) atoms. The fraction of sp³-hybridized carbons (Fsp3) is 0.174. The van der Waals surface area contributed by atoms with E-state index in [1.807, 2.05) is 36.4 Å². The van der Waals surface area contributed by atoms with Gasteiger partial charge in [-0.2, -0.15) is 5.10 Å². The quantitative estimate of drug-likeness (QED) is 0.207. The van der Waals surface area contributed by atoms with Gasteiger partial charge in [-0.3, -0.25) is 0 Å². The highest BCUT2D eigenvalue weighted by molar-refractivity contribution is 9.11. The van der Waals surface area contributed by atoms with Crippen molar-refractivity contribution in [2.24, 2.45) is 5.10 Å². The van der Waals surface area contributed by atoms with Crippen molar-refractivity contribution in [2.45, 2.75) is 13.2 Å². The van der Waals surface area contributed by atoms with Gasteiger partial charge in [-0.05, 0) is 79.4 Å². The summed E-state index contributed by atoms with van der Waals surface area (Å²) >= 11 is 19.3. The molecule has 0 amide bonds. The van der Waals surface area contributed by atoms with Crippen molar-refractivity contribution in [3.8, 4) is 17.2 Å². The van der Waals surface area contributed by atoms with E-state index in [0.717, 1.165) is 25.6 Å². The Hall–Kier alpha value is -1.93. The molecule has 0 saturated heterocycles. The van der Waals surface area contributed by atoms with Crippen LogP contribution in [0.4, 0.5) is 0 Å². The molecule has 0 saturated carbocycles. The zero-order chi connectivity index (χ0) is 23.1. The van der Waals surface area contributed by atoms with Gasteiger partial charge in [-0.15, -0.1) is 0 Å². The second-order valence-electron chi connectivity index (χ2n) is 6.62. The van der Waals surface area contributed by atoms with Crippen LogP contribution in [0, 0.1) is 0 Å². The summed E-state index contributed by atoms with van der Waals surface area (Å²) in [6, 6.07) is 14.9. The first-order chi connectivity index (χ1) is 15.4. The second-order valence-corrected chi connectivity index (χ2v) is 9.17. The van der Waals surface area contributed by atoms with Gasteiger partial charge in [0.25, 0.3) is 0 Å². The molecule has 3 aromatic rings. The number of nitrogens with one attached hydrogen (secondary N) is 1. The molecule has 0 spiro atoms. The number of benzene rings is 3. The SMILES string of the molecule is COc1ccc(CN/N=C/c2cc(Br)c(OCc3ccc(Cl)cc3Cl)c(Br)c2)cc1OC. The second kappa shape index (κ2) is 11.8. The van der Waals surface area contributed by atoms with Crippen molar-refractivity contribution in [1.82, 2.24) is 5.43 Å². The monoisotopic (exact) mass is 600 g/mol. The van der Waals surface area contributed by atoms with Crippen LogP contribution in [0.15, 0.2) is 62.6 Å². The first kappa shape index (κ1) is 24.7. The van der Waals surface area contributed by atoms with Crippen molar-refractivity contribution in [3.05, 3.63) is 84.2 Å². The minimum absolute atomic E-state index is 0.313. The smallest absolute Gasteiger partial charge is 0.161 e. The van der Waals surface area contributed by atoms with E-state index in [2.05, 4.69) is 42.4 Å². The average Bonchev–Trinajstić information content (AvgIpc) is 2.77. The Morgan fingerprint density at radius 2 is 1.66 bits per heavy atom. The van der Waals surface area contributed by atoms with E-state index in [1.54, 1.807) is 32.6 Å². The summed E-state index contributed by atoms with van der Waals surface area (Å²) in [5.41, 5.74) is 5.79. The van der Waals surface area contributed by atoms with Crippen LogP contribution in [0.2, 0.25) is 10.0 Å². The van der Waals surface area contributed by atoms with E-state index in [0.29, 0.717) is 40.4 Å². The summed E-state index contributed by atoms with van der Waals surface area (Å²) < 4.78 is 18.1. The van der Waals surface area contributed by atoms with Crippen LogP contribution >= 0.6 is 55.1 Å². The van der Waals surface area contributed by atoms with Crippen LogP contribution in [0.25, 0.3) is 0 Å². The Kier molecular flexibility index (Phi) is 9.11. The van der Waals surface area contributed by atoms with E-state index in [9.17, 15) is 0 Å². The molecule has 0 atom stereocenters. The molecule has 3 aromatic carbocycles. The molecular formula is C23H20Br2Cl2N2O3. The van der Waals surface area contributed by atoms with Gasteiger partial charge in [0, 0.05) is 15.6 Å². The number of nitrogens with zero attached hydrogens (tertiary/aromatic N) is 1. The van der Waals surface area contributed by atoms with Gasteiger partial charge in [0.05, 0.1) is 35.9 Å². The normalized spacial score (nSPS) is 10.9. The molecule has 0 aliphatic carbocycles. The van der Waals surface area contributed by atoms with Gasteiger partial charge < -0.3 is 19.6 Å². The molecular weight excluding hydrogens is 583 g/mol. The minimum Gasteiger partial charge on any atom is -0.493 e. The molecule has 0 aliphatic heterocycles. The number of hydrogen-bond donors (Lipinski definition) is 1. The summed E-state index contributed by atoms with van der Waals surface area (Å²) in [7, 11) is 3.22. The van der Waals surface area contributed by atoms with E-state index in [4.69, 9.17) is 37.4 Å². The molecule has 0 bridgehead atoms. The van der Waals surface area contributed by atoms with E-state index in [1.165, 1.54) is 0 Å². The Balaban J connectivity index is 1.61. The number of halogens is 4. The number of hydrogen-bond acceptors (Lipinski definition) is 5. The average molecular weight is 603 g/mol. The zero-order valence-corrected chi connectivity index (χ0v) is 22.0. The number of ether oxygens (including phenoxy) is 3. The maximum absolute atomic E-state index is 6.22. The lowest BCUT2D eigenvalue weighted by molar-refractivity contribution is 0.302. The highest BCUT2D eigenvalue weighted by Crippen LogP contribution is 2.35. The third-order valence-electron chi connectivity index (χ3n) is 4.44. The summed E-state index contributed by atoms with van der Waals surface area (Å²) in [5.74, 6) is 2.04. The van der Waals surface area contributed by atoms with E-state index < -0.39 is 0 Å². The number of rotatable bonds is 9. The van der Waals surface area contributed by atoms with Crippen LogP contribution in [0.5, 0.6) is 17.2 Å². The number of methoxy groups -OCH3 is 2. The van der Waals surface area contributed by atoms with Crippen molar-refractivity contribution in [3.63, 3.8) is 0 Å². The van der Waals surface area contributed by atoms with Crippen LogP contribution in [-0.4, -0.2) is 20.4 Å². The van der Waals surface area contributed by atoms with Crippen molar-refractivity contribution in [1.29, 1.82) is 0 Å². The fourth-order valence-electron chi connectivity index (χ4n) is 2.83. The topological polar surface area (TPSA) is 52.1 Å². The Morgan fingerprint density at radius 1 is 0.938 bits per heavy atom. The molecule has 0 aliphatic rings. The van der Waals surface area contributed by atoms with Crippen molar-refractivity contribution < 1.29 is 14.2 Å². The van der Waals surface area contributed by atoms with Crippen molar-refractivity contribution in [2.75, 3.05) is 14.2 Å². The first-order valence-electron chi connectivity index (χ1n) is 9.44. The molecule has 9 heteroatoms. The minimum atomic E-state index is 0.313. The van der Waals surface area contributed by atoms with Gasteiger partial charge in [-0.25, -0.2) is 0 Å². The lowest BCUT2D eigenvalue weighted by atomic mass is 10.2. The van der Waals surface area contributed by atoms with E-state index in [-0.39, 0.29) is 0 Å². The summed E-state index contributed by atoms with van der Waals surface area (Å²) in [4.78, 5) is 0. The Labute approximate surface area is 213 Å². The predicted molar refractivity (Wildman–Crippen MR) is 137 cm³/mol. The molecule has 5 nitrogen and oxygen atoms in total.